The van der Waals surface area contributed by atoms with Crippen LogP contribution in [0.4, 0.5) is 4.39 Å². The van der Waals surface area contributed by atoms with Gasteiger partial charge in [-0.15, -0.1) is 11.3 Å². The van der Waals surface area contributed by atoms with Crippen LogP contribution in [0.15, 0.2) is 29.6 Å². The second kappa shape index (κ2) is 3.07. The molecule has 0 aliphatic carbocycles. The number of aromatic nitrogens is 1. The Morgan fingerprint density at radius 2 is 2.20 bits per heavy atom. The topological polar surface area (TPSA) is 4.41 Å². The molecule has 3 rings (SSSR count). The van der Waals surface area contributed by atoms with Gasteiger partial charge in [0.25, 0.3) is 0 Å². The Kier molecular flexibility index (Phi) is 1.83. The van der Waals surface area contributed by atoms with Gasteiger partial charge >= 0.3 is 0 Å². The number of benzene rings is 1. The van der Waals surface area contributed by atoms with Crippen LogP contribution < -0.4 is 0 Å². The summed E-state index contributed by atoms with van der Waals surface area (Å²) in [5.41, 5.74) is 2.39. The second-order valence-corrected chi connectivity index (χ2v) is 4.49. The Hall–Kier alpha value is -1.35. The highest BCUT2D eigenvalue weighted by Crippen LogP contribution is 2.27. The number of thiazole rings is 1. The van der Waals surface area contributed by atoms with Gasteiger partial charge in [-0.25, -0.2) is 4.39 Å². The lowest BCUT2D eigenvalue weighted by atomic mass is 10.2. The van der Waals surface area contributed by atoms with Crippen LogP contribution in [-0.4, -0.2) is 4.40 Å². The third-order valence-electron chi connectivity index (χ3n) is 2.70. The first-order chi connectivity index (χ1) is 7.29. The van der Waals surface area contributed by atoms with E-state index in [2.05, 4.69) is 16.7 Å². The Labute approximate surface area is 90.8 Å². The van der Waals surface area contributed by atoms with Crippen LogP contribution in [0.2, 0.25) is 0 Å². The molecule has 1 aromatic carbocycles. The molecule has 0 amide bonds. The zero-order chi connectivity index (χ0) is 10.4. The third kappa shape index (κ3) is 1.20. The normalized spacial score (nSPS) is 11.6. The summed E-state index contributed by atoms with van der Waals surface area (Å²) in [6.07, 6.45) is 1.00. The number of hydrogen-bond donors (Lipinski definition) is 0. The first kappa shape index (κ1) is 8.92. The van der Waals surface area contributed by atoms with Crippen molar-refractivity contribution in [2.75, 3.05) is 0 Å². The number of halogens is 1. The van der Waals surface area contributed by atoms with Crippen molar-refractivity contribution in [2.45, 2.75) is 13.3 Å². The zero-order valence-electron chi connectivity index (χ0n) is 8.33. The van der Waals surface area contributed by atoms with Crippen LogP contribution in [0.5, 0.6) is 0 Å². The van der Waals surface area contributed by atoms with Crippen molar-refractivity contribution in [1.82, 2.24) is 4.40 Å². The summed E-state index contributed by atoms with van der Waals surface area (Å²) >= 11 is 1.71. The van der Waals surface area contributed by atoms with Gasteiger partial charge in [0.15, 0.2) is 0 Å². The van der Waals surface area contributed by atoms with E-state index in [0.717, 1.165) is 17.3 Å². The highest BCUT2D eigenvalue weighted by Gasteiger charge is 2.07. The molecule has 0 aliphatic heterocycles. The van der Waals surface area contributed by atoms with E-state index in [-0.39, 0.29) is 5.82 Å². The Morgan fingerprint density at radius 3 is 3.00 bits per heavy atom. The van der Waals surface area contributed by atoms with Crippen LogP contribution >= 0.6 is 11.3 Å². The van der Waals surface area contributed by atoms with Crippen LogP contribution in [0.25, 0.3) is 15.7 Å². The van der Waals surface area contributed by atoms with E-state index in [9.17, 15) is 4.39 Å². The SMILES string of the molecule is CCc1csc2cc3cc(F)ccc3n12. The fourth-order valence-corrected chi connectivity index (χ4v) is 3.01. The van der Waals surface area contributed by atoms with Crippen LogP contribution in [0, 0.1) is 5.82 Å². The summed E-state index contributed by atoms with van der Waals surface area (Å²) in [7, 11) is 0. The molecule has 2 heterocycles. The summed E-state index contributed by atoms with van der Waals surface area (Å²) in [5.74, 6) is -0.168. The molecule has 0 fully saturated rings. The predicted octanol–water partition coefficient (Wildman–Crippen LogP) is 3.86. The van der Waals surface area contributed by atoms with Crippen molar-refractivity contribution in [3.05, 3.63) is 41.2 Å². The quantitative estimate of drug-likeness (QED) is 0.585. The zero-order valence-corrected chi connectivity index (χ0v) is 9.14. The molecule has 0 bridgehead atoms. The average Bonchev–Trinajstić information content (AvgIpc) is 2.74. The van der Waals surface area contributed by atoms with Crippen molar-refractivity contribution in [1.29, 1.82) is 0 Å². The fraction of sp³-hybridized carbons (Fsp3) is 0.167. The summed E-state index contributed by atoms with van der Waals surface area (Å²) in [4.78, 5) is 1.19. The van der Waals surface area contributed by atoms with E-state index in [1.54, 1.807) is 17.4 Å². The Bertz CT molecular complexity index is 635. The molecule has 76 valence electrons. The minimum atomic E-state index is -0.168. The lowest BCUT2D eigenvalue weighted by molar-refractivity contribution is 0.629. The molecule has 0 saturated carbocycles. The van der Waals surface area contributed by atoms with E-state index < -0.39 is 0 Å². The van der Waals surface area contributed by atoms with Crippen molar-refractivity contribution >= 4 is 27.1 Å². The van der Waals surface area contributed by atoms with Gasteiger partial charge in [-0.1, -0.05) is 6.92 Å². The fourth-order valence-electron chi connectivity index (χ4n) is 1.97. The van der Waals surface area contributed by atoms with Crippen LogP contribution in [0.1, 0.15) is 12.6 Å². The molecule has 2 aromatic heterocycles. The lowest BCUT2D eigenvalue weighted by Gasteiger charge is -1.97. The van der Waals surface area contributed by atoms with Gasteiger partial charge in [-0.3, -0.25) is 0 Å². The summed E-state index contributed by atoms with van der Waals surface area (Å²) in [6, 6.07) is 7.01. The van der Waals surface area contributed by atoms with Crippen molar-refractivity contribution < 1.29 is 4.39 Å². The lowest BCUT2D eigenvalue weighted by Crippen LogP contribution is -1.87. The number of aryl methyl sites for hydroxylation is 1. The van der Waals surface area contributed by atoms with Crippen molar-refractivity contribution in [3.63, 3.8) is 0 Å². The van der Waals surface area contributed by atoms with E-state index >= 15 is 0 Å². The Morgan fingerprint density at radius 1 is 1.33 bits per heavy atom. The monoisotopic (exact) mass is 219 g/mol. The molecule has 1 nitrogen and oxygen atoms in total. The van der Waals surface area contributed by atoms with Gasteiger partial charge < -0.3 is 4.40 Å². The van der Waals surface area contributed by atoms with E-state index in [1.807, 2.05) is 12.1 Å². The standard InChI is InChI=1S/C12H10FNS/c1-2-10-7-15-12-6-8-5-9(13)3-4-11(8)14(10)12/h3-7H,2H2,1H3. The molecular weight excluding hydrogens is 209 g/mol. The van der Waals surface area contributed by atoms with Crippen molar-refractivity contribution in [2.24, 2.45) is 0 Å². The van der Waals surface area contributed by atoms with Crippen LogP contribution in [-0.2, 0) is 6.42 Å². The summed E-state index contributed by atoms with van der Waals surface area (Å²) in [5, 5.41) is 3.15. The molecule has 0 atom stereocenters. The molecule has 0 spiro atoms. The van der Waals surface area contributed by atoms with Gasteiger partial charge in [0.2, 0.25) is 0 Å². The van der Waals surface area contributed by atoms with Crippen molar-refractivity contribution in [3.8, 4) is 0 Å². The molecule has 0 aliphatic rings. The smallest absolute Gasteiger partial charge is 0.123 e. The first-order valence-corrected chi connectivity index (χ1v) is 5.84. The van der Waals surface area contributed by atoms with Gasteiger partial charge in [0.05, 0.1) is 5.52 Å². The summed E-state index contributed by atoms with van der Waals surface area (Å²) < 4.78 is 15.3. The molecule has 0 N–H and O–H groups in total. The Balaban J connectivity index is 2.49. The molecular formula is C12H10FNS. The molecule has 0 unspecified atom stereocenters. The number of fused-ring (bicyclic) bond motifs is 3. The predicted molar refractivity (Wildman–Crippen MR) is 62.1 cm³/mol. The summed E-state index contributed by atoms with van der Waals surface area (Å²) in [6.45, 7) is 2.14. The number of rotatable bonds is 1. The maximum atomic E-state index is 13.0. The number of hydrogen-bond acceptors (Lipinski definition) is 1. The van der Waals surface area contributed by atoms with Gasteiger partial charge in [0.1, 0.15) is 10.6 Å². The highest BCUT2D eigenvalue weighted by molar-refractivity contribution is 7.15. The molecule has 15 heavy (non-hydrogen) atoms. The molecule has 3 aromatic rings. The maximum absolute atomic E-state index is 13.0. The molecule has 0 radical (unpaired) electrons. The van der Waals surface area contributed by atoms with Gasteiger partial charge in [-0.05, 0) is 30.7 Å². The molecule has 3 heteroatoms. The molecule has 0 saturated heterocycles. The highest BCUT2D eigenvalue weighted by atomic mass is 32.1. The maximum Gasteiger partial charge on any atom is 0.123 e. The van der Waals surface area contributed by atoms with E-state index in [4.69, 9.17) is 0 Å². The van der Waals surface area contributed by atoms with Crippen LogP contribution in [0.3, 0.4) is 0 Å². The van der Waals surface area contributed by atoms with Gasteiger partial charge in [-0.2, -0.15) is 0 Å². The second-order valence-electron chi connectivity index (χ2n) is 3.60. The van der Waals surface area contributed by atoms with Gasteiger partial charge in [0, 0.05) is 16.5 Å². The largest absolute Gasteiger partial charge is 0.304 e. The minimum Gasteiger partial charge on any atom is -0.304 e. The first-order valence-electron chi connectivity index (χ1n) is 4.96. The van der Waals surface area contributed by atoms with E-state index in [1.165, 1.54) is 16.6 Å². The minimum absolute atomic E-state index is 0.168. The third-order valence-corrected chi connectivity index (χ3v) is 3.63. The van der Waals surface area contributed by atoms with E-state index in [0.29, 0.717) is 0 Å². The average molecular weight is 219 g/mol. The number of nitrogens with zero attached hydrogens (tertiary/aromatic N) is 1.